The van der Waals surface area contributed by atoms with Crippen LogP contribution < -0.4 is 5.32 Å². The van der Waals surface area contributed by atoms with Gasteiger partial charge in [-0.1, -0.05) is 64.0 Å². The maximum atomic E-state index is 12.4. The van der Waals surface area contributed by atoms with E-state index < -0.39 is 0 Å². The first kappa shape index (κ1) is 19.0. The van der Waals surface area contributed by atoms with Crippen molar-refractivity contribution in [1.82, 2.24) is 10.2 Å². The van der Waals surface area contributed by atoms with Crippen molar-refractivity contribution >= 4 is 5.91 Å². The topological polar surface area (TPSA) is 32.3 Å². The minimum Gasteiger partial charge on any atom is -0.336 e. The van der Waals surface area contributed by atoms with Crippen LogP contribution in [0.1, 0.15) is 74.2 Å². The van der Waals surface area contributed by atoms with Gasteiger partial charge in [0.25, 0.3) is 5.91 Å². The number of amides is 1. The van der Waals surface area contributed by atoms with Gasteiger partial charge in [-0.2, -0.15) is 0 Å². The number of benzene rings is 1. The van der Waals surface area contributed by atoms with Gasteiger partial charge in [0.2, 0.25) is 0 Å². The zero-order valence-electron chi connectivity index (χ0n) is 15.4. The number of hydrogen-bond donors (Lipinski definition) is 1. The van der Waals surface area contributed by atoms with Crippen LogP contribution in [0.2, 0.25) is 0 Å². The third kappa shape index (κ3) is 6.64. The fraction of sp³-hybridized carbons (Fsp3) is 0.667. The van der Waals surface area contributed by atoms with Gasteiger partial charge < -0.3 is 10.2 Å². The highest BCUT2D eigenvalue weighted by Crippen LogP contribution is 2.13. The van der Waals surface area contributed by atoms with Crippen LogP contribution in [0, 0.1) is 0 Å². The van der Waals surface area contributed by atoms with E-state index in [4.69, 9.17) is 0 Å². The van der Waals surface area contributed by atoms with Crippen LogP contribution in [0.25, 0.3) is 0 Å². The fourth-order valence-electron chi connectivity index (χ4n) is 3.33. The number of unbranched alkanes of at least 4 members (excludes halogenated alkanes) is 7. The predicted octanol–water partition coefficient (Wildman–Crippen LogP) is 4.42. The molecule has 0 bridgehead atoms. The number of carbonyl (C=O) groups excluding carboxylic acids is 1. The van der Waals surface area contributed by atoms with Crippen molar-refractivity contribution in [3.63, 3.8) is 0 Å². The van der Waals surface area contributed by atoms with Gasteiger partial charge in [-0.3, -0.25) is 4.79 Å². The third-order valence-corrected chi connectivity index (χ3v) is 4.92. The van der Waals surface area contributed by atoms with Crippen LogP contribution in [-0.4, -0.2) is 37.0 Å². The van der Waals surface area contributed by atoms with E-state index in [0.717, 1.165) is 38.2 Å². The Bertz CT molecular complexity index is 463. The molecule has 24 heavy (non-hydrogen) atoms. The highest BCUT2D eigenvalue weighted by Gasteiger charge is 2.17. The highest BCUT2D eigenvalue weighted by molar-refractivity contribution is 5.94. The van der Waals surface area contributed by atoms with Crippen molar-refractivity contribution in [2.24, 2.45) is 0 Å². The Hall–Kier alpha value is -1.35. The average molecular weight is 331 g/mol. The standard InChI is InChI=1S/C21H34N2O/c1-2-3-4-5-6-7-8-9-10-19-11-13-20(14-12-19)21(24)23-17-15-22-16-18-23/h11-14,22H,2-10,15-18H2,1H3. The zero-order chi connectivity index (χ0) is 17.0. The molecule has 3 heteroatoms. The first-order valence-corrected chi connectivity index (χ1v) is 9.90. The summed E-state index contributed by atoms with van der Waals surface area (Å²) < 4.78 is 0. The summed E-state index contributed by atoms with van der Waals surface area (Å²) in [5.74, 6) is 0.176. The quantitative estimate of drug-likeness (QED) is 0.644. The number of nitrogens with one attached hydrogen (secondary N) is 1. The maximum absolute atomic E-state index is 12.4. The molecule has 1 heterocycles. The molecule has 0 saturated carbocycles. The Balaban J connectivity index is 1.64. The lowest BCUT2D eigenvalue weighted by molar-refractivity contribution is 0.0736. The molecule has 1 N–H and O–H groups in total. The summed E-state index contributed by atoms with van der Waals surface area (Å²) in [6.07, 6.45) is 12.0. The Kier molecular flexibility index (Phi) is 8.90. The summed E-state index contributed by atoms with van der Waals surface area (Å²) in [6.45, 7) is 5.71. The third-order valence-electron chi connectivity index (χ3n) is 4.92. The summed E-state index contributed by atoms with van der Waals surface area (Å²) in [5.41, 5.74) is 2.19. The molecule has 1 aromatic rings. The molecule has 0 aromatic heterocycles. The first-order valence-electron chi connectivity index (χ1n) is 9.90. The van der Waals surface area contributed by atoms with E-state index in [1.165, 1.54) is 56.9 Å². The van der Waals surface area contributed by atoms with Crippen molar-refractivity contribution in [3.05, 3.63) is 35.4 Å². The Morgan fingerprint density at radius 2 is 1.50 bits per heavy atom. The van der Waals surface area contributed by atoms with Gasteiger partial charge in [-0.25, -0.2) is 0 Å². The lowest BCUT2D eigenvalue weighted by atomic mass is 10.0. The number of aryl methyl sites for hydroxylation is 1. The minimum atomic E-state index is 0.176. The van der Waals surface area contributed by atoms with Crippen molar-refractivity contribution < 1.29 is 4.79 Å². The molecule has 0 spiro atoms. The van der Waals surface area contributed by atoms with E-state index >= 15 is 0 Å². The van der Waals surface area contributed by atoms with Crippen molar-refractivity contribution in [2.45, 2.75) is 64.7 Å². The molecule has 1 saturated heterocycles. The van der Waals surface area contributed by atoms with E-state index in [-0.39, 0.29) is 5.91 Å². The minimum absolute atomic E-state index is 0.176. The smallest absolute Gasteiger partial charge is 0.253 e. The van der Waals surface area contributed by atoms with Crippen LogP contribution >= 0.6 is 0 Å². The molecule has 0 unspecified atom stereocenters. The van der Waals surface area contributed by atoms with E-state index in [0.29, 0.717) is 0 Å². The van der Waals surface area contributed by atoms with Crippen molar-refractivity contribution in [3.8, 4) is 0 Å². The summed E-state index contributed by atoms with van der Waals surface area (Å²) in [7, 11) is 0. The lowest BCUT2D eigenvalue weighted by Crippen LogP contribution is -2.46. The number of nitrogens with zero attached hydrogens (tertiary/aromatic N) is 1. The molecule has 0 atom stereocenters. The predicted molar refractivity (Wildman–Crippen MR) is 102 cm³/mol. The molecular formula is C21H34N2O. The Morgan fingerprint density at radius 1 is 0.917 bits per heavy atom. The molecule has 0 radical (unpaired) electrons. The molecule has 2 rings (SSSR count). The van der Waals surface area contributed by atoms with Crippen molar-refractivity contribution in [2.75, 3.05) is 26.2 Å². The number of carbonyl (C=O) groups is 1. The SMILES string of the molecule is CCCCCCCCCCc1ccc(C(=O)N2CCNCC2)cc1. The summed E-state index contributed by atoms with van der Waals surface area (Å²) in [5, 5.41) is 3.28. The van der Waals surface area contributed by atoms with Gasteiger partial charge in [-0.15, -0.1) is 0 Å². The lowest BCUT2D eigenvalue weighted by Gasteiger charge is -2.27. The molecule has 3 nitrogen and oxygen atoms in total. The van der Waals surface area contributed by atoms with E-state index in [9.17, 15) is 4.79 Å². The van der Waals surface area contributed by atoms with Crippen LogP contribution in [-0.2, 0) is 6.42 Å². The normalized spacial score (nSPS) is 14.8. The van der Waals surface area contributed by atoms with E-state index in [2.05, 4.69) is 24.4 Å². The summed E-state index contributed by atoms with van der Waals surface area (Å²) >= 11 is 0. The number of hydrogen-bond acceptors (Lipinski definition) is 2. The monoisotopic (exact) mass is 330 g/mol. The second kappa shape index (κ2) is 11.2. The molecule has 134 valence electrons. The van der Waals surface area contributed by atoms with Gasteiger partial charge in [0.15, 0.2) is 0 Å². The molecule has 1 fully saturated rings. The van der Waals surface area contributed by atoms with Crippen LogP contribution in [0.5, 0.6) is 0 Å². The van der Waals surface area contributed by atoms with Crippen LogP contribution in [0.3, 0.4) is 0 Å². The van der Waals surface area contributed by atoms with E-state index in [1.54, 1.807) is 0 Å². The molecule has 1 aromatic carbocycles. The second-order valence-electron chi connectivity index (χ2n) is 6.96. The van der Waals surface area contributed by atoms with Gasteiger partial charge in [-0.05, 0) is 30.5 Å². The number of piperazine rings is 1. The van der Waals surface area contributed by atoms with Crippen LogP contribution in [0.4, 0.5) is 0 Å². The largest absolute Gasteiger partial charge is 0.336 e. The average Bonchev–Trinajstić information content (AvgIpc) is 2.64. The number of rotatable bonds is 10. The van der Waals surface area contributed by atoms with Crippen molar-refractivity contribution in [1.29, 1.82) is 0 Å². The van der Waals surface area contributed by atoms with E-state index in [1.807, 2.05) is 17.0 Å². The van der Waals surface area contributed by atoms with Gasteiger partial charge in [0, 0.05) is 31.7 Å². The Labute approximate surface area is 147 Å². The molecule has 1 aliphatic rings. The summed E-state index contributed by atoms with van der Waals surface area (Å²) in [6, 6.07) is 8.28. The summed E-state index contributed by atoms with van der Waals surface area (Å²) in [4.78, 5) is 14.4. The van der Waals surface area contributed by atoms with Gasteiger partial charge in [0.05, 0.1) is 0 Å². The zero-order valence-corrected chi connectivity index (χ0v) is 15.4. The maximum Gasteiger partial charge on any atom is 0.253 e. The molecule has 0 aliphatic carbocycles. The highest BCUT2D eigenvalue weighted by atomic mass is 16.2. The molecule has 1 aliphatic heterocycles. The molecule has 1 amide bonds. The second-order valence-corrected chi connectivity index (χ2v) is 6.96. The molecular weight excluding hydrogens is 296 g/mol. The Morgan fingerprint density at radius 3 is 2.12 bits per heavy atom. The first-order chi connectivity index (χ1) is 11.8. The van der Waals surface area contributed by atoms with Gasteiger partial charge >= 0.3 is 0 Å². The van der Waals surface area contributed by atoms with Gasteiger partial charge in [0.1, 0.15) is 0 Å². The fourth-order valence-corrected chi connectivity index (χ4v) is 3.33. The van der Waals surface area contributed by atoms with Crippen LogP contribution in [0.15, 0.2) is 24.3 Å².